The van der Waals surface area contributed by atoms with E-state index >= 15 is 0 Å². The van der Waals surface area contributed by atoms with E-state index in [1.165, 1.54) is 5.30 Å². The van der Waals surface area contributed by atoms with Crippen LogP contribution in [0.2, 0.25) is 0 Å². The Balaban J connectivity index is 1.62. The number of nitrogens with zero attached hydrogens (tertiary/aromatic N) is 1. The summed E-state index contributed by atoms with van der Waals surface area (Å²) in [7, 11) is 2.25. The van der Waals surface area contributed by atoms with E-state index in [4.69, 9.17) is 0 Å². The van der Waals surface area contributed by atoms with Crippen LogP contribution in [0.3, 0.4) is 0 Å². The van der Waals surface area contributed by atoms with Crippen molar-refractivity contribution in [2.24, 2.45) is 0 Å². The van der Waals surface area contributed by atoms with Gasteiger partial charge in [-0.05, 0) is 71.4 Å². The first-order valence-electron chi connectivity index (χ1n) is 11.9. The quantitative estimate of drug-likeness (QED) is 0.0680. The Kier molecular flexibility index (Phi) is 8.92. The molecule has 184 valence electrons. The molecule has 7 heteroatoms. The third-order valence-corrected chi connectivity index (χ3v) is 9.53. The van der Waals surface area contributed by atoms with E-state index in [1.807, 2.05) is 24.3 Å². The first-order valence-corrected chi connectivity index (χ1v) is 17.4. The van der Waals surface area contributed by atoms with Crippen LogP contribution < -0.4 is 15.5 Å². The number of halogens is 1. The first kappa shape index (κ1) is 26.9. The number of rotatable bonds is 8. The number of nitrogens with one attached hydrogen (secondary N) is 1. The van der Waals surface area contributed by atoms with E-state index in [0.29, 0.717) is 11.6 Å². The predicted octanol–water partition coefficient (Wildman–Crippen LogP) is 8.33. The summed E-state index contributed by atoms with van der Waals surface area (Å²) in [5, 5.41) is 16.0. The molecule has 0 spiro atoms. The molecule has 0 bridgehead atoms. The Morgan fingerprint density at radius 1 is 0.861 bits per heavy atom. The molecule has 1 unspecified atom stereocenters. The Hall–Kier alpha value is -2.15. The van der Waals surface area contributed by atoms with Crippen LogP contribution in [0.5, 0.6) is 5.75 Å². The monoisotopic (exact) mass is 624 g/mol. The molecule has 0 saturated heterocycles. The number of anilines is 4. The molecule has 4 rings (SSSR count). The Labute approximate surface area is 234 Å². The molecule has 1 atom stereocenters. The molecule has 0 saturated carbocycles. The van der Waals surface area contributed by atoms with Gasteiger partial charge < -0.3 is 15.3 Å². The molecule has 3 nitrogen and oxygen atoms in total. The second-order valence-electron chi connectivity index (χ2n) is 9.64. The summed E-state index contributed by atoms with van der Waals surface area (Å²) in [5.41, 5.74) is 4.91. The second kappa shape index (κ2) is 11.9. The molecular formula is C29H31BIN2OPS. The average Bonchev–Trinajstić information content (AvgIpc) is 2.86. The molecule has 0 heterocycles. The van der Waals surface area contributed by atoms with Crippen LogP contribution in [0.1, 0.15) is 26.3 Å². The van der Waals surface area contributed by atoms with E-state index in [9.17, 15) is 5.11 Å². The van der Waals surface area contributed by atoms with Gasteiger partial charge in [0.25, 0.3) is 0 Å². The van der Waals surface area contributed by atoms with Crippen LogP contribution in [0.25, 0.3) is 0 Å². The van der Waals surface area contributed by atoms with Crippen molar-refractivity contribution >= 4 is 74.9 Å². The highest BCUT2D eigenvalue weighted by atomic mass is 127. The highest BCUT2D eigenvalue weighted by Gasteiger charge is 2.23. The van der Waals surface area contributed by atoms with Crippen LogP contribution in [0, 0.1) is 0 Å². The third-order valence-electron chi connectivity index (χ3n) is 5.88. The highest BCUT2D eigenvalue weighted by Crippen LogP contribution is 2.44. The molecule has 4 aromatic carbocycles. The minimum Gasteiger partial charge on any atom is -0.506 e. The summed E-state index contributed by atoms with van der Waals surface area (Å²) in [6, 6.07) is 33.5. The molecule has 0 aliphatic heterocycles. The van der Waals surface area contributed by atoms with Gasteiger partial charge in [-0.1, -0.05) is 84.7 Å². The molecule has 4 aromatic rings. The molecule has 0 aromatic heterocycles. The van der Waals surface area contributed by atoms with Crippen molar-refractivity contribution in [2.75, 3.05) is 16.1 Å². The van der Waals surface area contributed by atoms with Gasteiger partial charge >= 0.3 is 0 Å². The fourth-order valence-electron chi connectivity index (χ4n) is 3.91. The molecule has 2 N–H and O–H groups in total. The number of para-hydroxylation sites is 2. The van der Waals surface area contributed by atoms with Crippen molar-refractivity contribution in [2.45, 2.75) is 31.1 Å². The third kappa shape index (κ3) is 6.79. The maximum atomic E-state index is 11.2. The van der Waals surface area contributed by atoms with Crippen LogP contribution >= 0.6 is 39.2 Å². The number of hydrogen-bond donors (Lipinski definition) is 2. The van der Waals surface area contributed by atoms with Gasteiger partial charge in [-0.25, -0.2) is 0 Å². The molecular weight excluding hydrogens is 593 g/mol. The van der Waals surface area contributed by atoms with Gasteiger partial charge in [0.1, 0.15) is 5.75 Å². The average molecular weight is 624 g/mol. The smallest absolute Gasteiger partial charge is 0.152 e. The molecule has 36 heavy (non-hydrogen) atoms. The first-order chi connectivity index (χ1) is 17.2. The van der Waals surface area contributed by atoms with Gasteiger partial charge in [-0.2, -0.15) is 0 Å². The van der Waals surface area contributed by atoms with Crippen LogP contribution in [0.4, 0.5) is 22.7 Å². The van der Waals surface area contributed by atoms with Crippen LogP contribution in [0.15, 0.2) is 102 Å². The summed E-state index contributed by atoms with van der Waals surface area (Å²) in [6.45, 7) is 6.48. The van der Waals surface area contributed by atoms with Gasteiger partial charge in [0, 0.05) is 28.3 Å². The lowest BCUT2D eigenvalue weighted by Crippen LogP contribution is -2.17. The van der Waals surface area contributed by atoms with Crippen molar-refractivity contribution in [3.63, 3.8) is 0 Å². The molecule has 0 radical (unpaired) electrons. The minimum atomic E-state index is -0.301. The van der Waals surface area contributed by atoms with E-state index in [1.54, 1.807) is 11.8 Å². The van der Waals surface area contributed by atoms with Crippen molar-refractivity contribution in [1.82, 2.24) is 0 Å². The summed E-state index contributed by atoms with van der Waals surface area (Å²) in [4.78, 5) is 3.23. The Morgan fingerprint density at radius 3 is 2.00 bits per heavy atom. The minimum absolute atomic E-state index is 0.127. The zero-order valence-corrected chi connectivity index (χ0v) is 24.9. The lowest BCUT2D eigenvalue weighted by Gasteiger charge is -2.27. The summed E-state index contributed by atoms with van der Waals surface area (Å²) >= 11 is 4.19. The molecule has 0 fully saturated rings. The number of phenolic OH excluding ortho intramolecular Hbond substituents is 1. The molecule has 0 aliphatic carbocycles. The molecule has 0 aliphatic rings. The number of hydrogen-bond acceptors (Lipinski definition) is 4. The highest BCUT2D eigenvalue weighted by molar-refractivity contribution is 14.2. The van der Waals surface area contributed by atoms with E-state index < -0.39 is 0 Å². The van der Waals surface area contributed by atoms with Crippen LogP contribution in [-0.4, -0.2) is 18.5 Å². The second-order valence-corrected chi connectivity index (χ2v) is 16.4. The maximum absolute atomic E-state index is 11.2. The SMILES string of the molecule is BP(I)c1cc(SCN(c2ccccc2)c2ccc(Nc3ccccc3)cc2)c(O)c(C(C)(C)C)c1. The topological polar surface area (TPSA) is 35.5 Å². The van der Waals surface area contributed by atoms with E-state index in [2.05, 4.69) is 133 Å². The zero-order valence-electron chi connectivity index (χ0n) is 21.1. The lowest BCUT2D eigenvalue weighted by molar-refractivity contribution is 0.435. The van der Waals surface area contributed by atoms with Crippen molar-refractivity contribution in [3.05, 3.63) is 103 Å². The van der Waals surface area contributed by atoms with Gasteiger partial charge in [0.15, 0.2) is 7.57 Å². The Bertz CT molecular complexity index is 1280. The number of benzene rings is 4. The van der Waals surface area contributed by atoms with Crippen molar-refractivity contribution in [1.29, 1.82) is 0 Å². The summed E-state index contributed by atoms with van der Waals surface area (Å²) < 4.78 is 0. The number of phenols is 1. The maximum Gasteiger partial charge on any atom is 0.152 e. The van der Waals surface area contributed by atoms with Crippen molar-refractivity contribution in [3.8, 4) is 5.75 Å². The molecule has 0 amide bonds. The standard InChI is InChI=1S/C29H31BIN2OPS/c1-29(2,3)26-18-25(35(30)31)19-27(28(26)34)36-20-33(23-12-8-5-9-13-23)24-16-14-22(15-17-24)32-21-10-6-4-7-11-21/h4-19,32,34H,20,30H2,1-3H3. The number of thioether (sulfide) groups is 1. The fourth-order valence-corrected chi connectivity index (χ4v) is 6.47. The lowest BCUT2D eigenvalue weighted by atomic mass is 9.86. The van der Waals surface area contributed by atoms with Gasteiger partial charge in [-0.3, -0.25) is 0 Å². The van der Waals surface area contributed by atoms with Crippen LogP contribution in [-0.2, 0) is 5.41 Å². The predicted molar refractivity (Wildman–Crippen MR) is 171 cm³/mol. The van der Waals surface area contributed by atoms with Gasteiger partial charge in [0.2, 0.25) is 0 Å². The zero-order chi connectivity index (χ0) is 25.7. The van der Waals surface area contributed by atoms with Gasteiger partial charge in [-0.15, -0.1) is 11.8 Å². The fraction of sp³-hybridized carbons (Fsp3) is 0.172. The van der Waals surface area contributed by atoms with Gasteiger partial charge in [0.05, 0.1) is 10.8 Å². The summed E-state index contributed by atoms with van der Waals surface area (Å²) in [5.74, 6) is 1.08. The van der Waals surface area contributed by atoms with E-state index in [0.717, 1.165) is 33.2 Å². The summed E-state index contributed by atoms with van der Waals surface area (Å²) in [6.07, 6.45) is 0. The largest absolute Gasteiger partial charge is 0.506 e. The normalized spacial score (nSPS) is 12.2. The van der Waals surface area contributed by atoms with E-state index in [-0.39, 0.29) is 10.9 Å². The Morgan fingerprint density at radius 2 is 1.42 bits per heavy atom. The number of aromatic hydroxyl groups is 1. The van der Waals surface area contributed by atoms with Crippen molar-refractivity contribution < 1.29 is 5.11 Å².